The number of benzene rings is 1. The van der Waals surface area contributed by atoms with Gasteiger partial charge < -0.3 is 15.2 Å². The standard InChI is InChI=1S/C19H25N3O4/c1-5-10-22-14(4)18(13(3)21-22)19(25)20-12(2)15-6-8-16(9-7-15)26-11-17(23)24/h6-9,12H,5,10-11H2,1-4H3,(H,20,25)(H,23,24). The number of aryl methyl sites for hydroxylation is 2. The van der Waals surface area contributed by atoms with Crippen molar-refractivity contribution in [1.82, 2.24) is 15.1 Å². The molecule has 7 nitrogen and oxygen atoms in total. The summed E-state index contributed by atoms with van der Waals surface area (Å²) in [6.07, 6.45) is 0.954. The zero-order valence-corrected chi connectivity index (χ0v) is 15.6. The Morgan fingerprint density at radius 2 is 1.92 bits per heavy atom. The number of carboxylic acid groups (broad SMARTS) is 1. The molecule has 7 heteroatoms. The number of carbonyl (C=O) groups is 2. The smallest absolute Gasteiger partial charge is 0.341 e. The molecular weight excluding hydrogens is 334 g/mol. The molecule has 26 heavy (non-hydrogen) atoms. The van der Waals surface area contributed by atoms with Crippen molar-refractivity contribution in [2.24, 2.45) is 0 Å². The zero-order chi connectivity index (χ0) is 19.3. The van der Waals surface area contributed by atoms with Crippen molar-refractivity contribution in [3.8, 4) is 5.75 Å². The molecule has 0 aliphatic rings. The van der Waals surface area contributed by atoms with E-state index in [4.69, 9.17) is 9.84 Å². The maximum absolute atomic E-state index is 12.7. The van der Waals surface area contributed by atoms with Crippen molar-refractivity contribution in [3.05, 3.63) is 46.8 Å². The molecule has 1 aromatic carbocycles. The van der Waals surface area contributed by atoms with Crippen LogP contribution in [0.3, 0.4) is 0 Å². The molecule has 2 rings (SSSR count). The average Bonchev–Trinajstić information content (AvgIpc) is 2.87. The van der Waals surface area contributed by atoms with E-state index in [9.17, 15) is 9.59 Å². The minimum Gasteiger partial charge on any atom is -0.482 e. The zero-order valence-electron chi connectivity index (χ0n) is 15.6. The van der Waals surface area contributed by atoms with Gasteiger partial charge in [-0.05, 0) is 44.9 Å². The Kier molecular flexibility index (Phi) is 6.38. The van der Waals surface area contributed by atoms with Crippen LogP contribution >= 0.6 is 0 Å². The summed E-state index contributed by atoms with van der Waals surface area (Å²) >= 11 is 0. The topological polar surface area (TPSA) is 93.5 Å². The summed E-state index contributed by atoms with van der Waals surface area (Å²) in [5.74, 6) is -0.702. The van der Waals surface area contributed by atoms with Crippen LogP contribution in [0, 0.1) is 13.8 Å². The summed E-state index contributed by atoms with van der Waals surface area (Å²) in [6.45, 7) is 8.12. The van der Waals surface area contributed by atoms with Crippen molar-refractivity contribution in [2.75, 3.05) is 6.61 Å². The number of carbonyl (C=O) groups excluding carboxylic acids is 1. The Labute approximate surface area is 153 Å². The van der Waals surface area contributed by atoms with Crippen LogP contribution in [0.15, 0.2) is 24.3 Å². The molecule has 1 aromatic heterocycles. The number of hydrogen-bond donors (Lipinski definition) is 2. The largest absolute Gasteiger partial charge is 0.482 e. The molecule has 1 atom stereocenters. The molecule has 1 unspecified atom stereocenters. The Balaban J connectivity index is 2.06. The Morgan fingerprint density at radius 1 is 1.27 bits per heavy atom. The van der Waals surface area contributed by atoms with E-state index in [-0.39, 0.29) is 18.6 Å². The molecule has 1 heterocycles. The molecule has 1 amide bonds. The van der Waals surface area contributed by atoms with E-state index < -0.39 is 5.97 Å². The van der Waals surface area contributed by atoms with Gasteiger partial charge in [-0.3, -0.25) is 9.48 Å². The monoisotopic (exact) mass is 359 g/mol. The first-order valence-electron chi connectivity index (χ1n) is 8.62. The van der Waals surface area contributed by atoms with Gasteiger partial charge in [0.2, 0.25) is 0 Å². The molecule has 0 aliphatic carbocycles. The number of amides is 1. The lowest BCUT2D eigenvalue weighted by atomic mass is 10.1. The molecule has 0 bridgehead atoms. The SMILES string of the molecule is CCCn1nc(C)c(C(=O)NC(C)c2ccc(OCC(=O)O)cc2)c1C. The van der Waals surface area contributed by atoms with Crippen molar-refractivity contribution in [2.45, 2.75) is 46.7 Å². The second-order valence-corrected chi connectivity index (χ2v) is 6.22. The third-order valence-electron chi connectivity index (χ3n) is 4.13. The quantitative estimate of drug-likeness (QED) is 0.756. The molecule has 0 spiro atoms. The van der Waals surface area contributed by atoms with Gasteiger partial charge in [0.1, 0.15) is 5.75 Å². The van der Waals surface area contributed by atoms with Crippen LogP contribution in [0.1, 0.15) is 53.6 Å². The van der Waals surface area contributed by atoms with Gasteiger partial charge in [0.05, 0.1) is 17.3 Å². The van der Waals surface area contributed by atoms with Crippen LogP contribution in [-0.2, 0) is 11.3 Å². The van der Waals surface area contributed by atoms with Gasteiger partial charge in [-0.25, -0.2) is 4.79 Å². The summed E-state index contributed by atoms with van der Waals surface area (Å²) < 4.78 is 6.98. The summed E-state index contributed by atoms with van der Waals surface area (Å²) in [4.78, 5) is 23.2. The third kappa shape index (κ3) is 4.62. The number of rotatable bonds is 8. The molecule has 0 radical (unpaired) electrons. The summed E-state index contributed by atoms with van der Waals surface area (Å²) in [5.41, 5.74) is 3.11. The van der Waals surface area contributed by atoms with Crippen molar-refractivity contribution in [3.63, 3.8) is 0 Å². The number of nitrogens with zero attached hydrogens (tertiary/aromatic N) is 2. The minimum atomic E-state index is -1.02. The third-order valence-corrected chi connectivity index (χ3v) is 4.13. The van der Waals surface area contributed by atoms with Gasteiger partial charge in [-0.2, -0.15) is 5.10 Å². The number of aromatic nitrogens is 2. The van der Waals surface area contributed by atoms with Crippen LogP contribution in [0.4, 0.5) is 0 Å². The highest BCUT2D eigenvalue weighted by molar-refractivity contribution is 5.96. The van der Waals surface area contributed by atoms with E-state index in [1.807, 2.05) is 37.6 Å². The van der Waals surface area contributed by atoms with E-state index in [2.05, 4.69) is 17.3 Å². The fourth-order valence-electron chi connectivity index (χ4n) is 2.80. The molecule has 2 N–H and O–H groups in total. The first-order valence-corrected chi connectivity index (χ1v) is 8.62. The van der Waals surface area contributed by atoms with Crippen LogP contribution in [0.25, 0.3) is 0 Å². The Hall–Kier alpha value is -2.83. The van der Waals surface area contributed by atoms with Gasteiger partial charge in [0.15, 0.2) is 6.61 Å². The van der Waals surface area contributed by atoms with E-state index in [0.29, 0.717) is 11.3 Å². The first-order chi connectivity index (χ1) is 12.3. The number of hydrogen-bond acceptors (Lipinski definition) is 4. The van der Waals surface area contributed by atoms with Crippen molar-refractivity contribution < 1.29 is 19.4 Å². The second-order valence-electron chi connectivity index (χ2n) is 6.22. The number of ether oxygens (including phenoxy) is 1. The molecule has 2 aromatic rings. The number of nitrogens with one attached hydrogen (secondary N) is 1. The number of aliphatic carboxylic acids is 1. The van der Waals surface area contributed by atoms with Gasteiger partial charge >= 0.3 is 5.97 Å². The van der Waals surface area contributed by atoms with Gasteiger partial charge in [-0.1, -0.05) is 19.1 Å². The van der Waals surface area contributed by atoms with Crippen LogP contribution in [0.5, 0.6) is 5.75 Å². The predicted octanol–water partition coefficient (Wildman–Crippen LogP) is 2.86. The second kappa shape index (κ2) is 8.51. The first kappa shape index (κ1) is 19.5. The molecular formula is C19H25N3O4. The fourth-order valence-corrected chi connectivity index (χ4v) is 2.80. The Morgan fingerprint density at radius 3 is 2.50 bits per heavy atom. The molecule has 0 aliphatic heterocycles. The van der Waals surface area contributed by atoms with Crippen LogP contribution in [-0.4, -0.2) is 33.4 Å². The maximum Gasteiger partial charge on any atom is 0.341 e. The van der Waals surface area contributed by atoms with Crippen molar-refractivity contribution in [1.29, 1.82) is 0 Å². The minimum absolute atomic E-state index is 0.152. The molecule has 0 saturated carbocycles. The highest BCUT2D eigenvalue weighted by Crippen LogP contribution is 2.20. The molecule has 0 fully saturated rings. The summed E-state index contributed by atoms with van der Waals surface area (Å²) in [7, 11) is 0. The van der Waals surface area contributed by atoms with Gasteiger partial charge in [0.25, 0.3) is 5.91 Å². The highest BCUT2D eigenvalue weighted by Gasteiger charge is 2.20. The van der Waals surface area contributed by atoms with Crippen LogP contribution < -0.4 is 10.1 Å². The molecule has 0 saturated heterocycles. The van der Waals surface area contributed by atoms with E-state index in [1.54, 1.807) is 12.1 Å². The molecule has 140 valence electrons. The van der Waals surface area contributed by atoms with E-state index in [0.717, 1.165) is 29.9 Å². The summed E-state index contributed by atoms with van der Waals surface area (Å²) in [5, 5.41) is 16.1. The lowest BCUT2D eigenvalue weighted by Crippen LogP contribution is -2.27. The average molecular weight is 359 g/mol. The van der Waals surface area contributed by atoms with E-state index in [1.165, 1.54) is 0 Å². The lowest BCUT2D eigenvalue weighted by Gasteiger charge is -2.15. The lowest BCUT2D eigenvalue weighted by molar-refractivity contribution is -0.139. The van der Waals surface area contributed by atoms with Gasteiger partial charge in [-0.15, -0.1) is 0 Å². The van der Waals surface area contributed by atoms with Gasteiger partial charge in [0, 0.05) is 12.2 Å². The maximum atomic E-state index is 12.7. The van der Waals surface area contributed by atoms with E-state index >= 15 is 0 Å². The van der Waals surface area contributed by atoms with Crippen LogP contribution in [0.2, 0.25) is 0 Å². The predicted molar refractivity (Wildman–Crippen MR) is 97.4 cm³/mol. The fraction of sp³-hybridized carbons (Fsp3) is 0.421. The number of carboxylic acids is 1. The normalized spacial score (nSPS) is 11.8. The van der Waals surface area contributed by atoms with Crippen molar-refractivity contribution >= 4 is 11.9 Å². The Bertz CT molecular complexity index is 781. The summed E-state index contributed by atoms with van der Waals surface area (Å²) in [6, 6.07) is 6.79. The highest BCUT2D eigenvalue weighted by atomic mass is 16.5.